The van der Waals surface area contributed by atoms with Crippen LogP contribution in [-0.2, 0) is 6.61 Å². The fourth-order valence-corrected chi connectivity index (χ4v) is 3.26. The van der Waals surface area contributed by atoms with Crippen molar-refractivity contribution in [1.82, 2.24) is 0 Å². The number of nitrogen functional groups attached to an aromatic ring is 1. The molecule has 0 aromatic heterocycles. The SMILES string of the molecule is COc1ccc(COc2ccc(N3CCCC(C(F)(F)F)C3)c(N)c2)cc1. The van der Waals surface area contributed by atoms with E-state index in [0.29, 0.717) is 36.7 Å². The highest BCUT2D eigenvalue weighted by Gasteiger charge is 2.42. The van der Waals surface area contributed by atoms with E-state index in [9.17, 15) is 13.2 Å². The Morgan fingerprint density at radius 1 is 1.11 bits per heavy atom. The molecule has 0 spiro atoms. The van der Waals surface area contributed by atoms with Crippen molar-refractivity contribution >= 4 is 11.4 Å². The summed E-state index contributed by atoms with van der Waals surface area (Å²) in [5, 5.41) is 0. The topological polar surface area (TPSA) is 47.7 Å². The standard InChI is InChI=1S/C20H23F3N2O2/c1-26-16-6-4-14(5-7-16)13-27-17-8-9-19(18(24)11-17)25-10-2-3-15(12-25)20(21,22)23/h4-9,11,15H,2-3,10,12-13,24H2,1H3. The van der Waals surface area contributed by atoms with Gasteiger partial charge in [0.1, 0.15) is 18.1 Å². The summed E-state index contributed by atoms with van der Waals surface area (Å²) in [4.78, 5) is 1.71. The van der Waals surface area contributed by atoms with Crippen molar-refractivity contribution in [2.45, 2.75) is 25.6 Å². The largest absolute Gasteiger partial charge is 0.497 e. The average molecular weight is 380 g/mol. The number of methoxy groups -OCH3 is 1. The molecule has 2 aromatic rings. The number of piperidine rings is 1. The van der Waals surface area contributed by atoms with Crippen molar-refractivity contribution in [2.24, 2.45) is 5.92 Å². The van der Waals surface area contributed by atoms with Gasteiger partial charge in [-0.05, 0) is 42.7 Å². The molecule has 1 unspecified atom stereocenters. The average Bonchev–Trinajstić information content (AvgIpc) is 2.66. The highest BCUT2D eigenvalue weighted by Crippen LogP contribution is 2.37. The minimum Gasteiger partial charge on any atom is -0.497 e. The van der Waals surface area contributed by atoms with Crippen LogP contribution in [-0.4, -0.2) is 26.4 Å². The lowest BCUT2D eigenvalue weighted by Crippen LogP contribution is -2.42. The first kappa shape index (κ1) is 19.2. The number of ether oxygens (including phenoxy) is 2. The first-order valence-electron chi connectivity index (χ1n) is 8.83. The summed E-state index contributed by atoms with van der Waals surface area (Å²) in [6.45, 7) is 0.880. The molecule has 2 N–H and O–H groups in total. The summed E-state index contributed by atoms with van der Waals surface area (Å²) in [5.41, 5.74) is 8.12. The third-order valence-electron chi connectivity index (χ3n) is 4.79. The van der Waals surface area contributed by atoms with Crippen molar-refractivity contribution in [2.75, 3.05) is 30.8 Å². The van der Waals surface area contributed by atoms with Gasteiger partial charge in [0.15, 0.2) is 0 Å². The van der Waals surface area contributed by atoms with Crippen LogP contribution in [0.1, 0.15) is 18.4 Å². The maximum atomic E-state index is 13.0. The molecule has 4 nitrogen and oxygen atoms in total. The highest BCUT2D eigenvalue weighted by atomic mass is 19.4. The number of nitrogens with zero attached hydrogens (tertiary/aromatic N) is 1. The molecule has 1 heterocycles. The summed E-state index contributed by atoms with van der Waals surface area (Å²) >= 11 is 0. The van der Waals surface area contributed by atoms with Crippen molar-refractivity contribution in [3.63, 3.8) is 0 Å². The van der Waals surface area contributed by atoms with Crippen LogP contribution in [0.15, 0.2) is 42.5 Å². The third-order valence-corrected chi connectivity index (χ3v) is 4.79. The molecule has 0 amide bonds. The Balaban J connectivity index is 1.64. The number of benzene rings is 2. The van der Waals surface area contributed by atoms with Crippen LogP contribution in [0.4, 0.5) is 24.5 Å². The Morgan fingerprint density at radius 2 is 1.81 bits per heavy atom. The minimum atomic E-state index is -4.17. The smallest absolute Gasteiger partial charge is 0.393 e. The first-order valence-corrected chi connectivity index (χ1v) is 8.83. The van der Waals surface area contributed by atoms with E-state index in [4.69, 9.17) is 15.2 Å². The summed E-state index contributed by atoms with van der Waals surface area (Å²) in [5.74, 6) is 0.0409. The van der Waals surface area contributed by atoms with Gasteiger partial charge in [-0.3, -0.25) is 0 Å². The van der Waals surface area contributed by atoms with Crippen LogP contribution in [0.3, 0.4) is 0 Å². The number of nitrogens with two attached hydrogens (primary N) is 1. The van der Waals surface area contributed by atoms with Gasteiger partial charge in [-0.15, -0.1) is 0 Å². The quantitative estimate of drug-likeness (QED) is 0.768. The summed E-state index contributed by atoms with van der Waals surface area (Å²) in [6.07, 6.45) is -3.50. The summed E-state index contributed by atoms with van der Waals surface area (Å²) < 4.78 is 49.9. The zero-order valence-corrected chi connectivity index (χ0v) is 15.1. The molecule has 0 bridgehead atoms. The fourth-order valence-electron chi connectivity index (χ4n) is 3.26. The second kappa shape index (κ2) is 7.98. The molecule has 7 heteroatoms. The monoisotopic (exact) mass is 380 g/mol. The van der Waals surface area contributed by atoms with Gasteiger partial charge in [0.25, 0.3) is 0 Å². The van der Waals surface area contributed by atoms with Gasteiger partial charge in [0.05, 0.1) is 24.4 Å². The summed E-state index contributed by atoms with van der Waals surface area (Å²) in [6, 6.07) is 12.6. The number of alkyl halides is 3. The van der Waals surface area contributed by atoms with E-state index < -0.39 is 12.1 Å². The van der Waals surface area contributed by atoms with Crippen LogP contribution in [0.5, 0.6) is 11.5 Å². The Morgan fingerprint density at radius 3 is 2.44 bits per heavy atom. The third kappa shape index (κ3) is 4.78. The molecule has 1 fully saturated rings. The maximum Gasteiger partial charge on any atom is 0.393 e. The molecule has 1 saturated heterocycles. The van der Waals surface area contributed by atoms with Crippen molar-refractivity contribution in [3.05, 3.63) is 48.0 Å². The van der Waals surface area contributed by atoms with E-state index in [1.165, 1.54) is 0 Å². The van der Waals surface area contributed by atoms with E-state index in [2.05, 4.69) is 0 Å². The molecule has 146 valence electrons. The number of halogens is 3. The van der Waals surface area contributed by atoms with Gasteiger partial charge >= 0.3 is 6.18 Å². The number of hydrogen-bond acceptors (Lipinski definition) is 4. The molecular formula is C20H23F3N2O2. The van der Waals surface area contributed by atoms with Crippen LogP contribution in [0.2, 0.25) is 0 Å². The normalized spacial score (nSPS) is 17.6. The van der Waals surface area contributed by atoms with Crippen molar-refractivity contribution in [3.8, 4) is 11.5 Å². The lowest BCUT2D eigenvalue weighted by molar-refractivity contribution is -0.175. The Bertz CT molecular complexity index is 763. The van der Waals surface area contributed by atoms with Gasteiger partial charge in [-0.25, -0.2) is 0 Å². The zero-order valence-electron chi connectivity index (χ0n) is 15.1. The lowest BCUT2D eigenvalue weighted by Gasteiger charge is -2.35. The molecular weight excluding hydrogens is 357 g/mol. The van der Waals surface area contributed by atoms with Crippen LogP contribution < -0.4 is 20.1 Å². The van der Waals surface area contributed by atoms with Crippen molar-refractivity contribution < 1.29 is 22.6 Å². The Labute approximate surface area is 156 Å². The van der Waals surface area contributed by atoms with Crippen LogP contribution in [0, 0.1) is 5.92 Å². The Hall–Kier alpha value is -2.57. The first-order chi connectivity index (χ1) is 12.9. The van der Waals surface area contributed by atoms with Crippen molar-refractivity contribution in [1.29, 1.82) is 0 Å². The van der Waals surface area contributed by atoms with E-state index >= 15 is 0 Å². The molecule has 0 aliphatic carbocycles. The molecule has 3 rings (SSSR count). The van der Waals surface area contributed by atoms with Gasteiger partial charge in [-0.2, -0.15) is 13.2 Å². The van der Waals surface area contributed by atoms with E-state index in [0.717, 1.165) is 11.3 Å². The van der Waals surface area contributed by atoms with Crippen LogP contribution in [0.25, 0.3) is 0 Å². The Kier molecular flexibility index (Phi) is 5.68. The predicted molar refractivity (Wildman–Crippen MR) is 99.2 cm³/mol. The number of anilines is 2. The molecule has 27 heavy (non-hydrogen) atoms. The fraction of sp³-hybridized carbons (Fsp3) is 0.400. The minimum absolute atomic E-state index is 0.0558. The number of rotatable bonds is 5. The highest BCUT2D eigenvalue weighted by molar-refractivity contribution is 5.69. The molecule has 2 aromatic carbocycles. The number of hydrogen-bond donors (Lipinski definition) is 1. The zero-order chi connectivity index (χ0) is 19.4. The van der Waals surface area contributed by atoms with Crippen LogP contribution >= 0.6 is 0 Å². The molecule has 1 atom stereocenters. The molecule has 1 aliphatic rings. The van der Waals surface area contributed by atoms with Gasteiger partial charge in [0, 0.05) is 19.2 Å². The summed E-state index contributed by atoms with van der Waals surface area (Å²) in [7, 11) is 1.61. The second-order valence-corrected chi connectivity index (χ2v) is 6.68. The van der Waals surface area contributed by atoms with E-state index in [-0.39, 0.29) is 13.0 Å². The predicted octanol–water partition coefficient (Wildman–Crippen LogP) is 4.64. The second-order valence-electron chi connectivity index (χ2n) is 6.68. The van der Waals surface area contributed by atoms with Gasteiger partial charge < -0.3 is 20.1 Å². The van der Waals surface area contributed by atoms with E-state index in [1.54, 1.807) is 30.2 Å². The van der Waals surface area contributed by atoms with Gasteiger partial charge in [0.2, 0.25) is 0 Å². The van der Waals surface area contributed by atoms with Gasteiger partial charge in [-0.1, -0.05) is 12.1 Å². The molecule has 0 radical (unpaired) electrons. The maximum absolute atomic E-state index is 13.0. The molecule has 0 saturated carbocycles. The lowest BCUT2D eigenvalue weighted by atomic mass is 9.97. The van der Waals surface area contributed by atoms with E-state index in [1.807, 2.05) is 24.3 Å². The molecule has 1 aliphatic heterocycles.